The Morgan fingerprint density at radius 2 is 2.05 bits per heavy atom. The van der Waals surface area contributed by atoms with Gasteiger partial charge in [-0.15, -0.1) is 5.10 Å². The number of aromatic amines is 1. The minimum atomic E-state index is 0.0797. The van der Waals surface area contributed by atoms with E-state index < -0.39 is 0 Å². The number of nitrogens with zero attached hydrogens (tertiary/aromatic N) is 3. The molecule has 0 saturated heterocycles. The van der Waals surface area contributed by atoms with Crippen molar-refractivity contribution in [3.63, 3.8) is 0 Å². The number of hydrogen-bond acceptors (Lipinski definition) is 4. The van der Waals surface area contributed by atoms with Gasteiger partial charge in [0.2, 0.25) is 11.1 Å². The number of hydrogen-bond donors (Lipinski definition) is 1. The van der Waals surface area contributed by atoms with Crippen LogP contribution in [-0.2, 0) is 4.79 Å². The van der Waals surface area contributed by atoms with E-state index in [1.807, 2.05) is 44.2 Å². The van der Waals surface area contributed by atoms with Gasteiger partial charge >= 0.3 is 0 Å². The second-order valence-electron chi connectivity index (χ2n) is 4.72. The fourth-order valence-electron chi connectivity index (χ4n) is 1.55. The first-order chi connectivity index (χ1) is 9.58. The minimum Gasteiger partial charge on any atom is -0.343 e. The summed E-state index contributed by atoms with van der Waals surface area (Å²) >= 11 is 1.35. The van der Waals surface area contributed by atoms with Gasteiger partial charge in [0.25, 0.3) is 0 Å². The molecule has 1 aromatic carbocycles. The van der Waals surface area contributed by atoms with Gasteiger partial charge in [0.1, 0.15) is 0 Å². The van der Waals surface area contributed by atoms with Gasteiger partial charge in [-0.2, -0.15) is 0 Å². The molecule has 0 unspecified atom stereocenters. The van der Waals surface area contributed by atoms with Crippen LogP contribution in [0.2, 0.25) is 0 Å². The molecule has 0 atom stereocenters. The van der Waals surface area contributed by atoms with Gasteiger partial charge in [-0.25, -0.2) is 4.98 Å². The Kier molecular flexibility index (Phi) is 4.79. The van der Waals surface area contributed by atoms with E-state index in [2.05, 4.69) is 15.2 Å². The van der Waals surface area contributed by atoms with Gasteiger partial charge in [-0.1, -0.05) is 42.1 Å². The summed E-state index contributed by atoms with van der Waals surface area (Å²) in [4.78, 5) is 18.0. The lowest BCUT2D eigenvalue weighted by atomic mass is 10.2. The van der Waals surface area contributed by atoms with Crippen LogP contribution in [0.25, 0.3) is 11.4 Å². The number of benzene rings is 1. The topological polar surface area (TPSA) is 61.9 Å². The summed E-state index contributed by atoms with van der Waals surface area (Å²) in [6, 6.07) is 9.99. The summed E-state index contributed by atoms with van der Waals surface area (Å²) in [6.07, 6.45) is 0. The number of rotatable bonds is 5. The van der Waals surface area contributed by atoms with Crippen molar-refractivity contribution in [3.8, 4) is 11.4 Å². The first kappa shape index (κ1) is 14.6. The number of H-pyrrole nitrogens is 1. The molecule has 0 spiro atoms. The Labute approximate surface area is 122 Å². The zero-order chi connectivity index (χ0) is 14.5. The van der Waals surface area contributed by atoms with Gasteiger partial charge < -0.3 is 4.90 Å². The van der Waals surface area contributed by atoms with Crippen molar-refractivity contribution in [2.75, 3.05) is 12.8 Å². The molecular formula is C14H18N4OS. The Balaban J connectivity index is 1.96. The molecule has 0 aliphatic rings. The largest absolute Gasteiger partial charge is 0.343 e. The maximum absolute atomic E-state index is 11.9. The van der Waals surface area contributed by atoms with E-state index in [-0.39, 0.29) is 11.9 Å². The van der Waals surface area contributed by atoms with Crippen molar-refractivity contribution in [2.45, 2.75) is 25.0 Å². The van der Waals surface area contributed by atoms with Crippen molar-refractivity contribution in [1.29, 1.82) is 0 Å². The second-order valence-corrected chi connectivity index (χ2v) is 5.66. The number of carbonyl (C=O) groups is 1. The van der Waals surface area contributed by atoms with E-state index in [1.54, 1.807) is 11.9 Å². The summed E-state index contributed by atoms with van der Waals surface area (Å²) in [5.41, 5.74) is 0.984. The van der Waals surface area contributed by atoms with Gasteiger partial charge in [-0.05, 0) is 13.8 Å². The number of amides is 1. The lowest BCUT2D eigenvalue weighted by Crippen LogP contribution is -2.34. The molecule has 106 valence electrons. The number of carbonyl (C=O) groups excluding carboxylic acids is 1. The first-order valence-corrected chi connectivity index (χ1v) is 7.42. The first-order valence-electron chi connectivity index (χ1n) is 6.44. The molecular weight excluding hydrogens is 272 g/mol. The maximum atomic E-state index is 11.9. The van der Waals surface area contributed by atoms with Crippen LogP contribution in [0.1, 0.15) is 13.8 Å². The highest BCUT2D eigenvalue weighted by atomic mass is 32.2. The van der Waals surface area contributed by atoms with Gasteiger partial charge in [0.05, 0.1) is 5.75 Å². The van der Waals surface area contributed by atoms with Gasteiger partial charge in [0.15, 0.2) is 5.82 Å². The zero-order valence-electron chi connectivity index (χ0n) is 11.8. The highest BCUT2D eigenvalue weighted by molar-refractivity contribution is 7.99. The molecule has 0 saturated carbocycles. The third-order valence-electron chi connectivity index (χ3n) is 3.00. The molecule has 1 aromatic heterocycles. The van der Waals surface area contributed by atoms with Gasteiger partial charge in [0, 0.05) is 18.7 Å². The average Bonchev–Trinajstić information content (AvgIpc) is 2.93. The molecule has 0 fully saturated rings. The predicted molar refractivity (Wildman–Crippen MR) is 80.4 cm³/mol. The summed E-state index contributed by atoms with van der Waals surface area (Å²) in [5.74, 6) is 1.15. The lowest BCUT2D eigenvalue weighted by Gasteiger charge is -2.20. The van der Waals surface area contributed by atoms with E-state index >= 15 is 0 Å². The van der Waals surface area contributed by atoms with Crippen molar-refractivity contribution < 1.29 is 4.79 Å². The number of aromatic nitrogens is 3. The van der Waals surface area contributed by atoms with Crippen molar-refractivity contribution >= 4 is 17.7 Å². The normalized spacial score (nSPS) is 10.8. The van der Waals surface area contributed by atoms with E-state index in [4.69, 9.17) is 0 Å². The molecule has 0 aliphatic heterocycles. The average molecular weight is 290 g/mol. The molecule has 5 nitrogen and oxygen atoms in total. The van der Waals surface area contributed by atoms with E-state index in [0.717, 1.165) is 11.4 Å². The fraction of sp³-hybridized carbons (Fsp3) is 0.357. The summed E-state index contributed by atoms with van der Waals surface area (Å²) < 4.78 is 0. The van der Waals surface area contributed by atoms with Crippen LogP contribution in [0.15, 0.2) is 35.5 Å². The Morgan fingerprint density at radius 1 is 1.35 bits per heavy atom. The molecule has 2 rings (SSSR count). The fourth-order valence-corrected chi connectivity index (χ4v) is 2.27. The molecule has 1 N–H and O–H groups in total. The quantitative estimate of drug-likeness (QED) is 0.859. The summed E-state index contributed by atoms with van der Waals surface area (Å²) in [7, 11) is 1.81. The molecule has 0 radical (unpaired) electrons. The van der Waals surface area contributed by atoms with Gasteiger partial charge in [-0.3, -0.25) is 9.89 Å². The number of thioether (sulfide) groups is 1. The van der Waals surface area contributed by atoms with E-state index in [0.29, 0.717) is 10.9 Å². The Hall–Kier alpha value is -1.82. The van der Waals surface area contributed by atoms with Crippen molar-refractivity contribution in [2.24, 2.45) is 0 Å². The lowest BCUT2D eigenvalue weighted by molar-refractivity contribution is -0.128. The highest BCUT2D eigenvalue weighted by Gasteiger charge is 2.14. The van der Waals surface area contributed by atoms with Crippen molar-refractivity contribution in [1.82, 2.24) is 20.1 Å². The van der Waals surface area contributed by atoms with Crippen LogP contribution in [-0.4, -0.2) is 44.8 Å². The van der Waals surface area contributed by atoms with Crippen LogP contribution >= 0.6 is 11.8 Å². The molecule has 0 bridgehead atoms. The second kappa shape index (κ2) is 6.56. The molecule has 1 heterocycles. The van der Waals surface area contributed by atoms with Crippen LogP contribution in [0.5, 0.6) is 0 Å². The zero-order valence-corrected chi connectivity index (χ0v) is 12.6. The molecule has 1 amide bonds. The van der Waals surface area contributed by atoms with Crippen LogP contribution in [0.4, 0.5) is 0 Å². The molecule has 6 heteroatoms. The molecule has 0 aliphatic carbocycles. The highest BCUT2D eigenvalue weighted by Crippen LogP contribution is 2.19. The molecule has 2 aromatic rings. The SMILES string of the molecule is CC(C)N(C)C(=O)CSc1n[nH]c(-c2ccccc2)n1. The Morgan fingerprint density at radius 3 is 2.70 bits per heavy atom. The standard InChI is InChI=1S/C14H18N4OS/c1-10(2)18(3)12(19)9-20-14-15-13(16-17-14)11-7-5-4-6-8-11/h4-8,10H,9H2,1-3H3,(H,15,16,17). The predicted octanol–water partition coefficient (Wildman–Crippen LogP) is 2.43. The molecule has 20 heavy (non-hydrogen) atoms. The Bertz CT molecular complexity index is 568. The van der Waals surface area contributed by atoms with E-state index in [9.17, 15) is 4.79 Å². The third-order valence-corrected chi connectivity index (χ3v) is 3.84. The summed E-state index contributed by atoms with van der Waals surface area (Å²) in [6.45, 7) is 3.98. The van der Waals surface area contributed by atoms with Crippen molar-refractivity contribution in [3.05, 3.63) is 30.3 Å². The van der Waals surface area contributed by atoms with Crippen LogP contribution in [0, 0.1) is 0 Å². The third kappa shape index (κ3) is 3.60. The number of nitrogens with one attached hydrogen (secondary N) is 1. The van der Waals surface area contributed by atoms with Crippen LogP contribution in [0.3, 0.4) is 0 Å². The van der Waals surface area contributed by atoms with E-state index in [1.165, 1.54) is 11.8 Å². The maximum Gasteiger partial charge on any atom is 0.233 e. The monoisotopic (exact) mass is 290 g/mol. The van der Waals surface area contributed by atoms with Crippen LogP contribution < -0.4 is 0 Å². The summed E-state index contributed by atoms with van der Waals surface area (Å²) in [5, 5.41) is 7.61. The minimum absolute atomic E-state index is 0.0797. The smallest absolute Gasteiger partial charge is 0.233 e.